The van der Waals surface area contributed by atoms with Gasteiger partial charge < -0.3 is 14.8 Å². The van der Waals surface area contributed by atoms with E-state index in [2.05, 4.69) is 50.4 Å². The lowest BCUT2D eigenvalue weighted by Crippen LogP contribution is -2.26. The van der Waals surface area contributed by atoms with Crippen molar-refractivity contribution in [2.75, 3.05) is 33.4 Å². The van der Waals surface area contributed by atoms with Gasteiger partial charge in [-0.25, -0.2) is 0 Å². The van der Waals surface area contributed by atoms with E-state index in [1.54, 1.807) is 7.11 Å². The van der Waals surface area contributed by atoms with Crippen LogP contribution in [0.5, 0.6) is 0 Å². The van der Waals surface area contributed by atoms with E-state index >= 15 is 0 Å². The van der Waals surface area contributed by atoms with Crippen molar-refractivity contribution in [3.63, 3.8) is 0 Å². The highest BCUT2D eigenvalue weighted by molar-refractivity contribution is 5.24. The molecule has 0 aliphatic carbocycles. The monoisotopic (exact) mass is 279 g/mol. The molecule has 0 fully saturated rings. The van der Waals surface area contributed by atoms with E-state index in [1.165, 1.54) is 11.1 Å². The molecule has 0 bridgehead atoms. The van der Waals surface area contributed by atoms with Crippen molar-refractivity contribution in [3.05, 3.63) is 35.4 Å². The van der Waals surface area contributed by atoms with Gasteiger partial charge in [-0.3, -0.25) is 0 Å². The van der Waals surface area contributed by atoms with Crippen LogP contribution in [0.3, 0.4) is 0 Å². The second-order valence-electron chi connectivity index (χ2n) is 5.51. The SMILES string of the molecule is COCCNCC(CCOC(C)C)c1ccc(C)cc1. The molecule has 0 amide bonds. The van der Waals surface area contributed by atoms with Crippen molar-refractivity contribution in [3.8, 4) is 0 Å². The van der Waals surface area contributed by atoms with Crippen LogP contribution in [-0.4, -0.2) is 39.5 Å². The molecule has 1 rings (SSSR count). The average Bonchev–Trinajstić information content (AvgIpc) is 2.42. The Morgan fingerprint density at radius 2 is 1.80 bits per heavy atom. The minimum Gasteiger partial charge on any atom is -0.383 e. The van der Waals surface area contributed by atoms with Crippen LogP contribution in [0.1, 0.15) is 37.3 Å². The van der Waals surface area contributed by atoms with Crippen molar-refractivity contribution in [2.45, 2.75) is 39.2 Å². The van der Waals surface area contributed by atoms with Gasteiger partial charge in [0.15, 0.2) is 0 Å². The standard InChI is InChI=1S/C17H29NO2/c1-14(2)20-11-9-17(13-18-10-12-19-4)16-7-5-15(3)6-8-16/h5-8,14,17-18H,9-13H2,1-4H3. The van der Waals surface area contributed by atoms with Gasteiger partial charge in [-0.15, -0.1) is 0 Å². The summed E-state index contributed by atoms with van der Waals surface area (Å²) in [5.74, 6) is 0.492. The van der Waals surface area contributed by atoms with Crippen molar-refractivity contribution in [1.82, 2.24) is 5.32 Å². The van der Waals surface area contributed by atoms with Crippen molar-refractivity contribution >= 4 is 0 Å². The van der Waals surface area contributed by atoms with Crippen LogP contribution >= 0.6 is 0 Å². The third kappa shape index (κ3) is 7.04. The summed E-state index contributed by atoms with van der Waals surface area (Å²) in [6.07, 6.45) is 1.34. The molecule has 0 saturated carbocycles. The Morgan fingerprint density at radius 3 is 2.40 bits per heavy atom. The number of nitrogens with one attached hydrogen (secondary N) is 1. The number of rotatable bonds is 10. The van der Waals surface area contributed by atoms with Gasteiger partial charge in [-0.1, -0.05) is 29.8 Å². The molecule has 1 aromatic rings. The summed E-state index contributed by atoms with van der Waals surface area (Å²) in [5.41, 5.74) is 2.69. The Kier molecular flexibility index (Phi) is 8.51. The highest BCUT2D eigenvalue weighted by atomic mass is 16.5. The van der Waals surface area contributed by atoms with Gasteiger partial charge in [-0.2, -0.15) is 0 Å². The van der Waals surface area contributed by atoms with Gasteiger partial charge >= 0.3 is 0 Å². The van der Waals surface area contributed by atoms with Crippen LogP contribution in [0.4, 0.5) is 0 Å². The molecular formula is C17H29NO2. The number of ether oxygens (including phenoxy) is 2. The Labute approximate surface area is 123 Å². The van der Waals surface area contributed by atoms with Gasteiger partial charge in [0.2, 0.25) is 0 Å². The van der Waals surface area contributed by atoms with Crippen LogP contribution in [0.15, 0.2) is 24.3 Å². The lowest BCUT2D eigenvalue weighted by molar-refractivity contribution is 0.0731. The van der Waals surface area contributed by atoms with E-state index in [1.807, 2.05) is 0 Å². The Bertz CT molecular complexity index is 349. The molecule has 3 heteroatoms. The van der Waals surface area contributed by atoms with Crippen molar-refractivity contribution < 1.29 is 9.47 Å². The van der Waals surface area contributed by atoms with Gasteiger partial charge in [0, 0.05) is 26.8 Å². The van der Waals surface area contributed by atoms with Crippen LogP contribution < -0.4 is 5.32 Å². The Balaban J connectivity index is 2.51. The average molecular weight is 279 g/mol. The van der Waals surface area contributed by atoms with Gasteiger partial charge in [0.1, 0.15) is 0 Å². The summed E-state index contributed by atoms with van der Waals surface area (Å²) >= 11 is 0. The molecule has 114 valence electrons. The molecule has 0 saturated heterocycles. The van der Waals surface area contributed by atoms with E-state index in [4.69, 9.17) is 9.47 Å². The second kappa shape index (κ2) is 9.92. The molecule has 1 N–H and O–H groups in total. The molecule has 0 spiro atoms. The quantitative estimate of drug-likeness (QED) is 0.668. The molecule has 0 aliphatic heterocycles. The molecule has 1 unspecified atom stereocenters. The maximum absolute atomic E-state index is 5.69. The molecule has 0 radical (unpaired) electrons. The van der Waals surface area contributed by atoms with E-state index in [0.29, 0.717) is 12.0 Å². The topological polar surface area (TPSA) is 30.5 Å². The zero-order chi connectivity index (χ0) is 14.8. The summed E-state index contributed by atoms with van der Waals surface area (Å²) in [4.78, 5) is 0. The van der Waals surface area contributed by atoms with Crippen LogP contribution in [0.25, 0.3) is 0 Å². The zero-order valence-corrected chi connectivity index (χ0v) is 13.3. The van der Waals surface area contributed by atoms with Gasteiger partial charge in [0.25, 0.3) is 0 Å². The van der Waals surface area contributed by atoms with E-state index in [0.717, 1.165) is 32.7 Å². The first-order valence-corrected chi connectivity index (χ1v) is 7.51. The molecule has 20 heavy (non-hydrogen) atoms. The van der Waals surface area contributed by atoms with Crippen LogP contribution in [-0.2, 0) is 9.47 Å². The van der Waals surface area contributed by atoms with Crippen molar-refractivity contribution in [1.29, 1.82) is 0 Å². The fourth-order valence-electron chi connectivity index (χ4n) is 2.12. The highest BCUT2D eigenvalue weighted by Gasteiger charge is 2.11. The Morgan fingerprint density at radius 1 is 1.10 bits per heavy atom. The number of hydrogen-bond donors (Lipinski definition) is 1. The minimum atomic E-state index is 0.301. The Hall–Kier alpha value is -0.900. The normalized spacial score (nSPS) is 12.8. The number of methoxy groups -OCH3 is 1. The maximum Gasteiger partial charge on any atom is 0.0587 e. The first kappa shape index (κ1) is 17.2. The zero-order valence-electron chi connectivity index (χ0n) is 13.3. The second-order valence-corrected chi connectivity index (χ2v) is 5.51. The molecule has 1 atom stereocenters. The van der Waals surface area contributed by atoms with E-state index < -0.39 is 0 Å². The lowest BCUT2D eigenvalue weighted by atomic mass is 9.95. The first-order chi connectivity index (χ1) is 9.63. The first-order valence-electron chi connectivity index (χ1n) is 7.51. The molecule has 1 aromatic carbocycles. The summed E-state index contributed by atoms with van der Waals surface area (Å²) in [5, 5.41) is 3.46. The van der Waals surface area contributed by atoms with Crippen LogP contribution in [0.2, 0.25) is 0 Å². The molecule has 0 heterocycles. The number of aryl methyl sites for hydroxylation is 1. The molecular weight excluding hydrogens is 250 g/mol. The lowest BCUT2D eigenvalue weighted by Gasteiger charge is -2.19. The van der Waals surface area contributed by atoms with E-state index in [9.17, 15) is 0 Å². The number of benzene rings is 1. The smallest absolute Gasteiger partial charge is 0.0587 e. The number of hydrogen-bond acceptors (Lipinski definition) is 3. The third-order valence-corrected chi connectivity index (χ3v) is 3.34. The summed E-state index contributed by atoms with van der Waals surface area (Å²) in [7, 11) is 1.73. The van der Waals surface area contributed by atoms with Gasteiger partial charge in [0.05, 0.1) is 12.7 Å². The van der Waals surface area contributed by atoms with Gasteiger partial charge in [-0.05, 0) is 38.7 Å². The van der Waals surface area contributed by atoms with Crippen LogP contribution in [0, 0.1) is 6.92 Å². The molecule has 0 aromatic heterocycles. The highest BCUT2D eigenvalue weighted by Crippen LogP contribution is 2.20. The largest absolute Gasteiger partial charge is 0.383 e. The molecule has 3 nitrogen and oxygen atoms in total. The maximum atomic E-state index is 5.69. The predicted molar refractivity (Wildman–Crippen MR) is 84.4 cm³/mol. The summed E-state index contributed by atoms with van der Waals surface area (Å²) in [6.45, 7) is 9.70. The van der Waals surface area contributed by atoms with E-state index in [-0.39, 0.29) is 0 Å². The minimum absolute atomic E-state index is 0.301. The third-order valence-electron chi connectivity index (χ3n) is 3.34. The fourth-order valence-corrected chi connectivity index (χ4v) is 2.12. The summed E-state index contributed by atoms with van der Waals surface area (Å²) < 4.78 is 10.8. The molecule has 0 aliphatic rings. The fraction of sp³-hybridized carbons (Fsp3) is 0.647. The van der Waals surface area contributed by atoms with Crippen molar-refractivity contribution in [2.24, 2.45) is 0 Å². The summed E-state index contributed by atoms with van der Waals surface area (Å²) in [6, 6.07) is 8.82. The predicted octanol–water partition coefficient (Wildman–Crippen LogP) is 3.13.